The Morgan fingerprint density at radius 2 is 1.53 bits per heavy atom. The van der Waals surface area contributed by atoms with Crippen molar-refractivity contribution in [1.82, 2.24) is 15.0 Å². The number of para-hydroxylation sites is 2. The average molecular weight is 408 g/mol. The van der Waals surface area contributed by atoms with E-state index in [0.29, 0.717) is 36.8 Å². The Hall–Kier alpha value is -3.59. The number of ether oxygens (including phenoxy) is 3. The largest absolute Gasteiger partial charge is 0.497 e. The summed E-state index contributed by atoms with van der Waals surface area (Å²) in [6.45, 7) is 2.73. The van der Waals surface area contributed by atoms with Crippen LogP contribution >= 0.6 is 0 Å². The van der Waals surface area contributed by atoms with Crippen molar-refractivity contribution in [3.8, 4) is 11.5 Å². The summed E-state index contributed by atoms with van der Waals surface area (Å²) in [5.74, 6) is 2.93. The van der Waals surface area contributed by atoms with Crippen molar-refractivity contribution in [2.24, 2.45) is 0 Å². The fourth-order valence-electron chi connectivity index (χ4n) is 3.05. The number of hydrogen-bond donors (Lipinski definition) is 2. The summed E-state index contributed by atoms with van der Waals surface area (Å²) in [6.07, 6.45) is 0. The number of methoxy groups -OCH3 is 2. The minimum atomic E-state index is 0.423. The standard InChI is InChI=1S/C21H24N6O3/c1-28-16-9-7-15(8-10-16)22-19-24-20(23-17-5-3-4-6-18(17)29-2)26-21(25-19)27-11-13-30-14-12-27/h3-10H,11-14H2,1-2H3,(H2,22,23,24,25,26). The molecule has 0 radical (unpaired) electrons. The molecule has 0 spiro atoms. The molecule has 3 aromatic rings. The second-order valence-corrected chi connectivity index (χ2v) is 6.56. The van der Waals surface area contributed by atoms with Gasteiger partial charge < -0.3 is 29.7 Å². The number of hydrogen-bond acceptors (Lipinski definition) is 9. The number of benzene rings is 2. The van der Waals surface area contributed by atoms with Crippen LogP contribution in [0.2, 0.25) is 0 Å². The normalized spacial score (nSPS) is 13.6. The monoisotopic (exact) mass is 408 g/mol. The van der Waals surface area contributed by atoms with E-state index >= 15 is 0 Å². The maximum absolute atomic E-state index is 5.45. The van der Waals surface area contributed by atoms with E-state index in [1.165, 1.54) is 0 Å². The van der Waals surface area contributed by atoms with Crippen molar-refractivity contribution < 1.29 is 14.2 Å². The number of rotatable bonds is 7. The first-order valence-corrected chi connectivity index (χ1v) is 9.65. The van der Waals surface area contributed by atoms with Gasteiger partial charge in [0.2, 0.25) is 17.8 Å². The van der Waals surface area contributed by atoms with E-state index in [1.54, 1.807) is 14.2 Å². The molecule has 4 rings (SSSR count). The van der Waals surface area contributed by atoms with E-state index < -0.39 is 0 Å². The Morgan fingerprint density at radius 3 is 2.23 bits per heavy atom. The highest BCUT2D eigenvalue weighted by molar-refractivity contribution is 5.64. The highest BCUT2D eigenvalue weighted by Gasteiger charge is 2.17. The molecule has 0 bridgehead atoms. The maximum atomic E-state index is 5.45. The molecule has 30 heavy (non-hydrogen) atoms. The number of nitrogens with zero attached hydrogens (tertiary/aromatic N) is 4. The molecule has 1 fully saturated rings. The second-order valence-electron chi connectivity index (χ2n) is 6.56. The van der Waals surface area contributed by atoms with E-state index in [0.717, 1.165) is 30.2 Å². The van der Waals surface area contributed by atoms with Crippen LogP contribution in [-0.2, 0) is 4.74 Å². The van der Waals surface area contributed by atoms with Gasteiger partial charge in [0, 0.05) is 18.8 Å². The first kappa shape index (κ1) is 19.7. The molecular formula is C21H24N6O3. The van der Waals surface area contributed by atoms with Gasteiger partial charge in [-0.3, -0.25) is 0 Å². The molecule has 1 aliphatic rings. The van der Waals surface area contributed by atoms with Crippen LogP contribution in [0.15, 0.2) is 48.5 Å². The quantitative estimate of drug-likeness (QED) is 0.611. The highest BCUT2D eigenvalue weighted by Crippen LogP contribution is 2.27. The van der Waals surface area contributed by atoms with Crippen LogP contribution in [0.4, 0.5) is 29.2 Å². The Bertz CT molecular complexity index is 977. The lowest BCUT2D eigenvalue weighted by Gasteiger charge is -2.27. The molecule has 1 aromatic heterocycles. The third-order valence-electron chi connectivity index (χ3n) is 4.62. The Morgan fingerprint density at radius 1 is 0.833 bits per heavy atom. The molecule has 2 heterocycles. The smallest absolute Gasteiger partial charge is 0.233 e. The molecule has 0 unspecified atom stereocenters. The lowest BCUT2D eigenvalue weighted by Crippen LogP contribution is -2.37. The van der Waals surface area contributed by atoms with Crippen LogP contribution in [0.25, 0.3) is 0 Å². The molecule has 2 aromatic carbocycles. The summed E-state index contributed by atoms with van der Waals surface area (Å²) in [5, 5.41) is 6.48. The molecule has 156 valence electrons. The van der Waals surface area contributed by atoms with Crippen molar-refractivity contribution in [2.45, 2.75) is 0 Å². The van der Waals surface area contributed by atoms with Crippen molar-refractivity contribution in [3.05, 3.63) is 48.5 Å². The van der Waals surface area contributed by atoms with Crippen LogP contribution in [0, 0.1) is 0 Å². The Labute approximate surface area is 175 Å². The van der Waals surface area contributed by atoms with E-state index in [1.807, 2.05) is 48.5 Å². The molecule has 1 saturated heterocycles. The SMILES string of the molecule is COc1ccc(Nc2nc(Nc3ccccc3OC)nc(N3CCOCC3)n2)cc1. The minimum Gasteiger partial charge on any atom is -0.497 e. The van der Waals surface area contributed by atoms with E-state index in [4.69, 9.17) is 14.2 Å². The highest BCUT2D eigenvalue weighted by atomic mass is 16.5. The molecule has 0 aliphatic carbocycles. The Kier molecular flexibility index (Phi) is 6.09. The second kappa shape index (κ2) is 9.27. The van der Waals surface area contributed by atoms with Gasteiger partial charge in [0.1, 0.15) is 11.5 Å². The van der Waals surface area contributed by atoms with Gasteiger partial charge >= 0.3 is 0 Å². The van der Waals surface area contributed by atoms with Gasteiger partial charge in [-0.2, -0.15) is 15.0 Å². The molecule has 2 N–H and O–H groups in total. The average Bonchev–Trinajstić information content (AvgIpc) is 2.80. The van der Waals surface area contributed by atoms with Crippen LogP contribution in [-0.4, -0.2) is 55.5 Å². The zero-order valence-electron chi connectivity index (χ0n) is 17.0. The van der Waals surface area contributed by atoms with Crippen LogP contribution < -0.4 is 25.0 Å². The first-order valence-electron chi connectivity index (χ1n) is 9.65. The van der Waals surface area contributed by atoms with Crippen LogP contribution in [0.3, 0.4) is 0 Å². The predicted octanol–water partition coefficient (Wildman–Crippen LogP) is 3.21. The van der Waals surface area contributed by atoms with Gasteiger partial charge in [-0.05, 0) is 36.4 Å². The van der Waals surface area contributed by atoms with Crippen molar-refractivity contribution >= 4 is 29.2 Å². The summed E-state index contributed by atoms with van der Waals surface area (Å²) in [7, 11) is 3.27. The van der Waals surface area contributed by atoms with Gasteiger partial charge in [-0.15, -0.1) is 0 Å². The van der Waals surface area contributed by atoms with Crippen molar-refractivity contribution in [1.29, 1.82) is 0 Å². The molecule has 9 nitrogen and oxygen atoms in total. The molecule has 1 aliphatic heterocycles. The van der Waals surface area contributed by atoms with E-state index in [2.05, 4.69) is 30.5 Å². The third-order valence-corrected chi connectivity index (χ3v) is 4.62. The lowest BCUT2D eigenvalue weighted by atomic mass is 10.3. The van der Waals surface area contributed by atoms with Gasteiger partial charge in [0.25, 0.3) is 0 Å². The predicted molar refractivity (Wildman–Crippen MR) is 115 cm³/mol. The third kappa shape index (κ3) is 4.69. The summed E-state index contributed by atoms with van der Waals surface area (Å²) >= 11 is 0. The van der Waals surface area contributed by atoms with Gasteiger partial charge in [0.15, 0.2) is 0 Å². The van der Waals surface area contributed by atoms with E-state index in [-0.39, 0.29) is 0 Å². The fourth-order valence-corrected chi connectivity index (χ4v) is 3.05. The maximum Gasteiger partial charge on any atom is 0.233 e. The van der Waals surface area contributed by atoms with Gasteiger partial charge in [-0.25, -0.2) is 0 Å². The zero-order chi connectivity index (χ0) is 20.8. The molecule has 9 heteroatoms. The number of anilines is 5. The summed E-state index contributed by atoms with van der Waals surface area (Å²) in [5.41, 5.74) is 1.62. The molecule has 0 amide bonds. The summed E-state index contributed by atoms with van der Waals surface area (Å²) in [4.78, 5) is 15.9. The number of nitrogens with one attached hydrogen (secondary N) is 2. The fraction of sp³-hybridized carbons (Fsp3) is 0.286. The number of aromatic nitrogens is 3. The van der Waals surface area contributed by atoms with Gasteiger partial charge in [0.05, 0.1) is 33.1 Å². The van der Waals surface area contributed by atoms with Gasteiger partial charge in [-0.1, -0.05) is 12.1 Å². The molecular weight excluding hydrogens is 384 g/mol. The summed E-state index contributed by atoms with van der Waals surface area (Å²) < 4.78 is 16.1. The number of morpholine rings is 1. The van der Waals surface area contributed by atoms with Crippen molar-refractivity contribution in [2.75, 3.05) is 56.1 Å². The minimum absolute atomic E-state index is 0.423. The zero-order valence-corrected chi connectivity index (χ0v) is 17.0. The van der Waals surface area contributed by atoms with Crippen LogP contribution in [0.5, 0.6) is 11.5 Å². The topological polar surface area (TPSA) is 93.7 Å². The van der Waals surface area contributed by atoms with Crippen molar-refractivity contribution in [3.63, 3.8) is 0 Å². The lowest BCUT2D eigenvalue weighted by molar-refractivity contribution is 0.122. The molecule has 0 atom stereocenters. The van der Waals surface area contributed by atoms with E-state index in [9.17, 15) is 0 Å². The summed E-state index contributed by atoms with van der Waals surface area (Å²) in [6, 6.07) is 15.2. The first-order chi connectivity index (χ1) is 14.7. The van der Waals surface area contributed by atoms with Crippen LogP contribution in [0.1, 0.15) is 0 Å². The Balaban J connectivity index is 1.64. The molecule has 0 saturated carbocycles.